The molecule has 7 aromatic heterocycles. The summed E-state index contributed by atoms with van der Waals surface area (Å²) < 4.78 is 11.4. The Morgan fingerprint density at radius 3 is 2.13 bits per heavy atom. The second-order valence-corrected chi connectivity index (χ2v) is 27.7. The standard InChI is InChI=1S/C60H63N13O13S6/c1-28(2)44-58-72-47(39(92-58)23-85-5)51(80)62-22-42(75)69-48(49(78)30-11-7-6-8-12-30)57-67-38(26-89-57)55-65-36(24-88-55)46-33(53-66-37(25-87-53)50(79)64-35(21-41(74)61-4)56-71-45(29(3)91-56)52(81)70-44)18-19-34(63-46)54-68-40(27-90-54)73(20-10-9-13-43(76)77)60(84)86-32-16-14-31(15-17-32)59(82)83/h6-8,11-12,18-19,24-28,31-32,35,44,48-49,78H,9-10,13-17,20-23H2,1-5H3,(H,61,74)(H,62,80)(H,64,79)(H,69,75)(H,70,81)(H,76,77)(H,82,83)/t31?,32?,35?,44?,48?,49-/m0/s1. The normalized spacial score (nSPS) is 18.4. The Morgan fingerprint density at radius 1 is 0.696 bits per heavy atom. The molecule has 92 heavy (non-hydrogen) atoms. The molecule has 3 unspecified atom stereocenters. The Bertz CT molecular complexity index is 4020. The second-order valence-electron chi connectivity index (χ2n) is 21.8. The van der Waals surface area contributed by atoms with Gasteiger partial charge in [0.1, 0.15) is 88.3 Å². The molecular formula is C60H63N13O13S6. The van der Waals surface area contributed by atoms with E-state index in [2.05, 4.69) is 26.6 Å². The van der Waals surface area contributed by atoms with Crippen LogP contribution in [0.1, 0.15) is 151 Å². The number of rotatable bonds is 16. The van der Waals surface area contributed by atoms with Crippen LogP contribution < -0.4 is 31.5 Å². The van der Waals surface area contributed by atoms with Crippen LogP contribution in [-0.4, -0.2) is 131 Å². The second kappa shape index (κ2) is 29.9. The number of methoxy groups -OCH3 is 1. The van der Waals surface area contributed by atoms with Crippen molar-refractivity contribution in [2.45, 2.75) is 109 Å². The number of aryl methyl sites for hydroxylation is 1. The molecule has 4 atom stereocenters. The van der Waals surface area contributed by atoms with Crippen LogP contribution >= 0.6 is 68.0 Å². The Kier molecular flexibility index (Phi) is 21.7. The van der Waals surface area contributed by atoms with Crippen molar-refractivity contribution in [3.63, 3.8) is 0 Å². The highest BCUT2D eigenvalue weighted by atomic mass is 32.1. The number of aliphatic hydroxyl groups excluding tert-OH is 1. The molecule has 1 aliphatic heterocycles. The number of aliphatic hydroxyl groups is 1. The molecule has 32 heteroatoms. The van der Waals surface area contributed by atoms with Crippen LogP contribution in [0.2, 0.25) is 0 Å². The number of aliphatic carboxylic acids is 2. The van der Waals surface area contributed by atoms with Crippen LogP contribution in [0, 0.1) is 18.8 Å². The molecule has 1 aromatic carbocycles. The predicted octanol–water partition coefficient (Wildman–Crippen LogP) is 9.15. The topological polar surface area (TPSA) is 369 Å². The minimum Gasteiger partial charge on any atom is -0.481 e. The SMILES string of the molecule is CNC(=O)CC1NC(=O)c2csc(n2)-c2ccc(-c3nc(N(CCCCC(=O)O)C(=O)OC4CCC(C(=O)O)CC4)cs3)nc2-c2csc(n2)-c2csc(n2)C([C@@H](O)c2ccccc2)NC(=O)CNC(=O)c2nc(sc2COC)C(C(C)C)NC(=O)c2nc1sc2C. The molecule has 8 aromatic rings. The lowest BCUT2D eigenvalue weighted by Gasteiger charge is -2.28. The lowest BCUT2D eigenvalue weighted by Crippen LogP contribution is -2.40. The number of hydrogen-bond acceptors (Lipinski definition) is 24. The third-order valence-electron chi connectivity index (χ3n) is 15.0. The monoisotopic (exact) mass is 1370 g/mol. The van der Waals surface area contributed by atoms with Crippen molar-refractivity contribution in [3.05, 3.63) is 111 Å². The highest BCUT2D eigenvalue weighted by Crippen LogP contribution is 2.41. The first-order chi connectivity index (χ1) is 44.2. The summed E-state index contributed by atoms with van der Waals surface area (Å²) in [5.41, 5.74) is 2.35. The Hall–Kier alpha value is -8.37. The number of pyridine rings is 1. The summed E-state index contributed by atoms with van der Waals surface area (Å²) in [6.45, 7) is 4.96. The van der Waals surface area contributed by atoms with E-state index in [1.54, 1.807) is 70.9 Å². The van der Waals surface area contributed by atoms with Crippen molar-refractivity contribution in [1.29, 1.82) is 0 Å². The summed E-state index contributed by atoms with van der Waals surface area (Å²) in [4.78, 5) is 143. The largest absolute Gasteiger partial charge is 0.481 e. The molecular weight excluding hydrogens is 1300 g/mol. The number of unbranched alkanes of at least 4 members (excludes halogenated alkanes) is 1. The number of fused-ring (bicyclic) bond motifs is 14. The molecule has 1 aliphatic carbocycles. The number of hydrogen-bond donors (Lipinski definition) is 8. The van der Waals surface area contributed by atoms with Gasteiger partial charge in [0.25, 0.3) is 17.7 Å². The zero-order valence-corrected chi connectivity index (χ0v) is 55.0. The first-order valence-electron chi connectivity index (χ1n) is 29.1. The van der Waals surface area contributed by atoms with Gasteiger partial charge >= 0.3 is 18.0 Å². The number of amides is 6. The van der Waals surface area contributed by atoms with Gasteiger partial charge in [-0.15, -0.1) is 68.0 Å². The van der Waals surface area contributed by atoms with Gasteiger partial charge in [-0.2, -0.15) is 0 Å². The number of carboxylic acid groups (broad SMARTS) is 2. The zero-order valence-electron chi connectivity index (χ0n) is 50.1. The van der Waals surface area contributed by atoms with Crippen molar-refractivity contribution >= 4 is 121 Å². The molecule has 0 saturated heterocycles. The third-order valence-corrected chi connectivity index (χ3v) is 20.8. The number of anilines is 1. The van der Waals surface area contributed by atoms with E-state index >= 15 is 0 Å². The van der Waals surface area contributed by atoms with Gasteiger partial charge in [-0.25, -0.2) is 39.7 Å². The fraction of sp³-hybridized carbons (Fsp3) is 0.383. The Labute approximate surface area is 550 Å². The number of thiazole rings is 6. The summed E-state index contributed by atoms with van der Waals surface area (Å²) >= 11 is 7.01. The van der Waals surface area contributed by atoms with Gasteiger partial charge in [-0.3, -0.25) is 38.5 Å². The zero-order chi connectivity index (χ0) is 65.3. The Balaban J connectivity index is 1.03. The molecule has 10 bridgehead atoms. The first-order valence-corrected chi connectivity index (χ1v) is 34.3. The summed E-state index contributed by atoms with van der Waals surface area (Å²) in [6, 6.07) is 9.27. The van der Waals surface area contributed by atoms with Crippen LogP contribution in [0.15, 0.2) is 64.0 Å². The number of benzene rings is 1. The van der Waals surface area contributed by atoms with Gasteiger partial charge < -0.3 is 51.4 Å². The smallest absolute Gasteiger partial charge is 0.415 e. The molecule has 1 saturated carbocycles. The van der Waals surface area contributed by atoms with Crippen molar-refractivity contribution in [3.8, 4) is 43.4 Å². The van der Waals surface area contributed by atoms with Crippen LogP contribution in [0.5, 0.6) is 0 Å². The molecule has 6 amide bonds. The van der Waals surface area contributed by atoms with E-state index in [9.17, 15) is 53.7 Å². The molecule has 8 heterocycles. The molecule has 8 N–H and O–H groups in total. The van der Waals surface area contributed by atoms with E-state index in [0.29, 0.717) is 101 Å². The van der Waals surface area contributed by atoms with Gasteiger partial charge in [0.15, 0.2) is 0 Å². The minimum absolute atomic E-state index is 0.00983. The minimum atomic E-state index is -1.31. The quantitative estimate of drug-likeness (QED) is 0.0418. The molecule has 0 radical (unpaired) electrons. The number of nitrogens with one attached hydrogen (secondary N) is 5. The van der Waals surface area contributed by atoms with Crippen molar-refractivity contribution in [2.24, 2.45) is 11.8 Å². The van der Waals surface area contributed by atoms with Crippen LogP contribution in [-0.2, 0) is 35.3 Å². The fourth-order valence-corrected chi connectivity index (χ4v) is 15.7. The first kappa shape index (κ1) is 66.5. The lowest BCUT2D eigenvalue weighted by atomic mass is 9.87. The van der Waals surface area contributed by atoms with Crippen molar-refractivity contribution in [2.75, 3.05) is 32.1 Å². The Morgan fingerprint density at radius 2 is 1.40 bits per heavy atom. The van der Waals surface area contributed by atoms with Gasteiger partial charge in [0.05, 0.1) is 48.1 Å². The van der Waals surface area contributed by atoms with Crippen molar-refractivity contribution < 1.29 is 63.1 Å². The van der Waals surface area contributed by atoms with Crippen LogP contribution in [0.4, 0.5) is 10.6 Å². The fourth-order valence-electron chi connectivity index (χ4n) is 10.2. The maximum Gasteiger partial charge on any atom is 0.415 e. The average Bonchev–Trinajstić information content (AvgIpc) is 1.62. The van der Waals surface area contributed by atoms with E-state index in [1.807, 2.05) is 13.8 Å². The van der Waals surface area contributed by atoms with Gasteiger partial charge in [0.2, 0.25) is 11.8 Å². The molecule has 0 spiro atoms. The summed E-state index contributed by atoms with van der Waals surface area (Å²) in [6.07, 6.45) is -0.911. The number of carbonyl (C=O) groups excluding carboxylic acids is 6. The van der Waals surface area contributed by atoms with Crippen molar-refractivity contribution in [1.82, 2.24) is 61.5 Å². The highest BCUT2D eigenvalue weighted by molar-refractivity contribution is 7.15. The summed E-state index contributed by atoms with van der Waals surface area (Å²) in [5.74, 6) is -5.45. The highest BCUT2D eigenvalue weighted by Gasteiger charge is 2.35. The third kappa shape index (κ3) is 15.7. The van der Waals surface area contributed by atoms with E-state index in [-0.39, 0.29) is 66.2 Å². The van der Waals surface area contributed by atoms with Crippen LogP contribution in [0.25, 0.3) is 43.4 Å². The van der Waals surface area contributed by atoms with E-state index in [0.717, 1.165) is 34.0 Å². The average molecular weight is 1370 g/mol. The number of carboxylic acids is 2. The summed E-state index contributed by atoms with van der Waals surface area (Å²) in [5, 5.41) is 53.8. The number of aromatic nitrogens is 7. The van der Waals surface area contributed by atoms with Gasteiger partial charge in [-0.1, -0.05) is 44.2 Å². The lowest BCUT2D eigenvalue weighted by molar-refractivity contribution is -0.143. The van der Waals surface area contributed by atoms with E-state index in [4.69, 9.17) is 44.4 Å². The van der Waals surface area contributed by atoms with E-state index in [1.165, 1.54) is 53.1 Å². The molecule has 482 valence electrons. The molecule has 10 rings (SSSR count). The van der Waals surface area contributed by atoms with Crippen LogP contribution in [0.3, 0.4) is 0 Å². The maximum absolute atomic E-state index is 14.4. The number of ether oxygens (including phenoxy) is 2. The van der Waals surface area contributed by atoms with E-state index < -0.39 is 90.4 Å². The maximum atomic E-state index is 14.4. The number of carbonyl (C=O) groups is 8. The van der Waals surface area contributed by atoms with Gasteiger partial charge in [0, 0.05) is 59.1 Å². The molecule has 1 fully saturated rings. The molecule has 2 aliphatic rings. The van der Waals surface area contributed by atoms with Gasteiger partial charge in [-0.05, 0) is 69.1 Å². The number of nitrogens with zero attached hydrogens (tertiary/aromatic N) is 8. The molecule has 26 nitrogen and oxygen atoms in total. The predicted molar refractivity (Wildman–Crippen MR) is 346 cm³/mol. The summed E-state index contributed by atoms with van der Waals surface area (Å²) in [7, 11) is 2.92.